The maximum atomic E-state index is 13.9. The van der Waals surface area contributed by atoms with Gasteiger partial charge in [-0.05, 0) is 44.1 Å². The van der Waals surface area contributed by atoms with Crippen molar-refractivity contribution >= 4 is 17.7 Å². The van der Waals surface area contributed by atoms with E-state index in [1.54, 1.807) is 19.9 Å². The number of allylic oxidation sites excluding steroid dienone is 1. The third-order valence-corrected chi connectivity index (χ3v) is 13.4. The standard InChI is InChI=1S/C30H40O11/c1-10-7-15-28(5,29(6,37)25(36)41-15)19-17(10)26(3)14(39-11(2)31)8-12-16(18(26)21(19)33)20(32)23(34)30(38)9-13-22(40-13)24(35)27(12,30)4/h7,10,12-14,16-22,24,32-33,35,37-38H,8-9H2,1-6H3/t10-,12+,13+,14+,16-,17+,18-,19+,20-,21-,22+,24+,26-,27+,28+,29-,30+/m1/s1. The molecule has 0 amide bonds. The van der Waals surface area contributed by atoms with Crippen LogP contribution in [0.25, 0.3) is 0 Å². The van der Waals surface area contributed by atoms with Gasteiger partial charge in [0.2, 0.25) is 0 Å². The summed E-state index contributed by atoms with van der Waals surface area (Å²) < 4.78 is 17.2. The predicted molar refractivity (Wildman–Crippen MR) is 137 cm³/mol. The quantitative estimate of drug-likeness (QED) is 0.207. The molecule has 11 nitrogen and oxygen atoms in total. The predicted octanol–water partition coefficient (Wildman–Crippen LogP) is -0.156. The van der Waals surface area contributed by atoms with Crippen molar-refractivity contribution in [3.8, 4) is 0 Å². The van der Waals surface area contributed by atoms with Gasteiger partial charge < -0.3 is 39.7 Å². The zero-order valence-electron chi connectivity index (χ0n) is 24.1. The Bertz CT molecular complexity index is 1290. The van der Waals surface area contributed by atoms with Crippen LogP contribution in [0.15, 0.2) is 11.8 Å². The average molecular weight is 577 g/mol. The molecule has 0 aromatic carbocycles. The Balaban J connectivity index is 1.44. The summed E-state index contributed by atoms with van der Waals surface area (Å²) in [5.74, 6) is -5.95. The molecule has 2 saturated heterocycles. The number of esters is 2. The van der Waals surface area contributed by atoms with Gasteiger partial charge in [0.15, 0.2) is 11.4 Å². The lowest BCUT2D eigenvalue weighted by atomic mass is 9.40. The fourth-order valence-corrected chi connectivity index (χ4v) is 11.2. The summed E-state index contributed by atoms with van der Waals surface area (Å²) in [6.07, 6.45) is -4.22. The second kappa shape index (κ2) is 7.78. The van der Waals surface area contributed by atoms with Crippen molar-refractivity contribution in [2.75, 3.05) is 0 Å². The van der Waals surface area contributed by atoms with Crippen molar-refractivity contribution in [2.45, 2.75) is 102 Å². The van der Waals surface area contributed by atoms with Crippen LogP contribution in [-0.4, -0.2) is 91.1 Å². The highest BCUT2D eigenvalue weighted by Gasteiger charge is 2.82. The number of aliphatic hydroxyl groups is 5. The highest BCUT2D eigenvalue weighted by molar-refractivity contribution is 5.94. The molecule has 0 unspecified atom stereocenters. The molecule has 7 rings (SSSR count). The Labute approximate surface area is 237 Å². The molecule has 41 heavy (non-hydrogen) atoms. The Morgan fingerprint density at radius 3 is 2.34 bits per heavy atom. The number of hydrogen-bond donors (Lipinski definition) is 5. The van der Waals surface area contributed by atoms with Crippen LogP contribution >= 0.6 is 0 Å². The van der Waals surface area contributed by atoms with Crippen molar-refractivity contribution < 1.29 is 54.1 Å². The van der Waals surface area contributed by atoms with Crippen LogP contribution in [-0.2, 0) is 28.6 Å². The second-order valence-corrected chi connectivity index (χ2v) is 14.7. The molecule has 0 bridgehead atoms. The van der Waals surface area contributed by atoms with Gasteiger partial charge in [0, 0.05) is 41.9 Å². The van der Waals surface area contributed by atoms with Crippen LogP contribution in [0, 0.1) is 51.8 Å². The van der Waals surface area contributed by atoms with Crippen LogP contribution in [0.3, 0.4) is 0 Å². The highest BCUT2D eigenvalue weighted by Crippen LogP contribution is 2.75. The first-order valence-electron chi connectivity index (χ1n) is 14.7. The van der Waals surface area contributed by atoms with E-state index in [9.17, 15) is 39.9 Å². The summed E-state index contributed by atoms with van der Waals surface area (Å²) in [4.78, 5) is 39.4. The lowest BCUT2D eigenvalue weighted by Gasteiger charge is -2.65. The zero-order valence-corrected chi connectivity index (χ0v) is 24.1. The van der Waals surface area contributed by atoms with E-state index < -0.39 is 111 Å². The number of ketones is 1. The lowest BCUT2D eigenvalue weighted by molar-refractivity contribution is -0.264. The minimum absolute atomic E-state index is 0.0665. The summed E-state index contributed by atoms with van der Waals surface area (Å²) in [7, 11) is 0. The van der Waals surface area contributed by atoms with E-state index in [4.69, 9.17) is 14.2 Å². The molecule has 0 radical (unpaired) electrons. The van der Waals surface area contributed by atoms with Crippen LogP contribution in [0.2, 0.25) is 0 Å². The number of carbonyl (C=O) groups excluding carboxylic acids is 3. The van der Waals surface area contributed by atoms with Gasteiger partial charge in [0.25, 0.3) is 0 Å². The van der Waals surface area contributed by atoms with Gasteiger partial charge in [-0.3, -0.25) is 9.59 Å². The molecule has 0 spiro atoms. The molecule has 2 heterocycles. The minimum Gasteiger partial charge on any atom is -0.462 e. The van der Waals surface area contributed by atoms with Gasteiger partial charge in [-0.15, -0.1) is 0 Å². The largest absolute Gasteiger partial charge is 0.462 e. The maximum absolute atomic E-state index is 13.9. The molecule has 2 aliphatic heterocycles. The van der Waals surface area contributed by atoms with E-state index >= 15 is 0 Å². The molecule has 0 aromatic heterocycles. The second-order valence-electron chi connectivity index (χ2n) is 14.7. The van der Waals surface area contributed by atoms with Gasteiger partial charge >= 0.3 is 11.9 Å². The molecule has 11 heteroatoms. The number of fused-ring (bicyclic) bond motifs is 10. The summed E-state index contributed by atoms with van der Waals surface area (Å²) in [6.45, 7) is 9.79. The van der Waals surface area contributed by atoms with Crippen LogP contribution < -0.4 is 0 Å². The smallest absolute Gasteiger partial charge is 0.343 e. The highest BCUT2D eigenvalue weighted by atomic mass is 16.6. The maximum Gasteiger partial charge on any atom is 0.343 e. The van der Waals surface area contributed by atoms with Crippen molar-refractivity contribution in [2.24, 2.45) is 51.8 Å². The third kappa shape index (κ3) is 2.80. The van der Waals surface area contributed by atoms with Crippen LogP contribution in [0.4, 0.5) is 0 Å². The van der Waals surface area contributed by atoms with E-state index in [0.717, 1.165) is 0 Å². The SMILES string of the molecule is CC(=O)O[C@H]1C[C@H]2[C@H]([C@@H]3[C@@H](O)[C@@H]4[C@H]([C@H](C)C=C5OC(=O)[C@@](C)(O)[C@@]54C)[C@]31C)[C@@H](O)C(=O)[C@@]1(O)C[C@@H]3O[C@@H]3[C@H](O)[C@]21C. The van der Waals surface area contributed by atoms with Gasteiger partial charge in [-0.25, -0.2) is 4.79 Å². The van der Waals surface area contributed by atoms with Gasteiger partial charge in [0.1, 0.15) is 29.7 Å². The first-order valence-corrected chi connectivity index (χ1v) is 14.7. The number of hydrogen-bond acceptors (Lipinski definition) is 11. The van der Waals surface area contributed by atoms with Crippen molar-refractivity contribution in [3.05, 3.63) is 11.8 Å². The monoisotopic (exact) mass is 576 g/mol. The summed E-state index contributed by atoms with van der Waals surface area (Å²) in [5, 5.41) is 59.1. The van der Waals surface area contributed by atoms with E-state index in [1.165, 1.54) is 13.8 Å². The number of aliphatic hydroxyl groups excluding tert-OH is 3. The van der Waals surface area contributed by atoms with Gasteiger partial charge in [0.05, 0.1) is 23.7 Å². The average Bonchev–Trinajstić information content (AvgIpc) is 3.56. The Hall–Kier alpha value is -1.89. The van der Waals surface area contributed by atoms with Crippen molar-refractivity contribution in [1.29, 1.82) is 0 Å². The van der Waals surface area contributed by atoms with Crippen LogP contribution in [0.5, 0.6) is 0 Å². The Kier molecular flexibility index (Phi) is 5.30. The molecule has 0 aromatic rings. The number of rotatable bonds is 1. The Morgan fingerprint density at radius 2 is 1.71 bits per heavy atom. The first-order chi connectivity index (χ1) is 18.9. The van der Waals surface area contributed by atoms with Crippen molar-refractivity contribution in [1.82, 2.24) is 0 Å². The summed E-state index contributed by atoms with van der Waals surface area (Å²) in [6, 6.07) is 0. The third-order valence-electron chi connectivity index (χ3n) is 13.4. The molecule has 5 aliphatic carbocycles. The van der Waals surface area contributed by atoms with Gasteiger partial charge in [-0.2, -0.15) is 0 Å². The topological polar surface area (TPSA) is 183 Å². The van der Waals surface area contributed by atoms with E-state index in [1.807, 2.05) is 13.8 Å². The molecule has 17 atom stereocenters. The van der Waals surface area contributed by atoms with Gasteiger partial charge in [-0.1, -0.05) is 20.8 Å². The molecule has 5 N–H and O–H groups in total. The van der Waals surface area contributed by atoms with E-state index in [-0.39, 0.29) is 24.5 Å². The normalized spacial score (nSPS) is 61.8. The lowest BCUT2D eigenvalue weighted by Crippen LogP contribution is -2.76. The molecule has 226 valence electrons. The van der Waals surface area contributed by atoms with E-state index in [0.29, 0.717) is 0 Å². The van der Waals surface area contributed by atoms with E-state index in [2.05, 4.69) is 0 Å². The number of Topliss-reactive ketones (excluding diaryl/α,β-unsaturated/α-hetero) is 1. The molecule has 4 saturated carbocycles. The number of carbonyl (C=O) groups is 3. The first kappa shape index (κ1) is 27.9. The molecule has 7 aliphatic rings. The zero-order chi connectivity index (χ0) is 30.0. The fraction of sp³-hybridized carbons (Fsp3) is 0.833. The minimum atomic E-state index is -2.08. The number of ether oxygens (including phenoxy) is 3. The number of epoxide rings is 1. The molecular weight excluding hydrogens is 536 g/mol. The fourth-order valence-electron chi connectivity index (χ4n) is 11.2. The Morgan fingerprint density at radius 1 is 1.05 bits per heavy atom. The molecule has 6 fully saturated rings. The van der Waals surface area contributed by atoms with Crippen molar-refractivity contribution in [3.63, 3.8) is 0 Å². The summed E-state index contributed by atoms with van der Waals surface area (Å²) in [5.41, 5.74) is -7.89. The molecular formula is C30H40O11. The van der Waals surface area contributed by atoms with Crippen LogP contribution in [0.1, 0.15) is 54.4 Å². The summed E-state index contributed by atoms with van der Waals surface area (Å²) >= 11 is 0.